The van der Waals surface area contributed by atoms with Gasteiger partial charge >= 0.3 is 0 Å². The molecule has 0 aliphatic carbocycles. The molecule has 1 rings (SSSR count). The van der Waals surface area contributed by atoms with E-state index in [9.17, 15) is 14.4 Å². The molecule has 1 aliphatic heterocycles. The van der Waals surface area contributed by atoms with E-state index in [4.69, 9.17) is 0 Å². The van der Waals surface area contributed by atoms with Gasteiger partial charge in [0.2, 0.25) is 11.8 Å². The van der Waals surface area contributed by atoms with E-state index in [2.05, 4.69) is 13.8 Å². The first-order chi connectivity index (χ1) is 22.4. The zero-order valence-electron chi connectivity index (χ0n) is 31.4. The van der Waals surface area contributed by atoms with E-state index in [-0.39, 0.29) is 29.4 Å². The minimum absolute atomic E-state index is 0.0841. The van der Waals surface area contributed by atoms with Crippen molar-refractivity contribution in [1.29, 1.82) is 0 Å². The summed E-state index contributed by atoms with van der Waals surface area (Å²) < 4.78 is 0. The van der Waals surface area contributed by atoms with Gasteiger partial charge in [-0.3, -0.25) is 14.4 Å². The second-order valence-corrected chi connectivity index (χ2v) is 14.9. The van der Waals surface area contributed by atoms with Crippen molar-refractivity contribution in [3.05, 3.63) is 0 Å². The number of rotatable bonds is 30. The Bertz CT molecular complexity index is 700. The molecule has 0 atom stereocenters. The van der Waals surface area contributed by atoms with Gasteiger partial charge in [-0.2, -0.15) is 0 Å². The summed E-state index contributed by atoms with van der Waals surface area (Å²) in [5, 5.41) is 0. The highest BCUT2D eigenvalue weighted by Gasteiger charge is 2.32. The first-order valence-corrected chi connectivity index (χ1v) is 20.5. The number of unbranched alkanes of at least 4 members (excludes halogenated alkanes) is 24. The molecule has 0 N–H and O–H groups in total. The van der Waals surface area contributed by atoms with Crippen LogP contribution in [0.1, 0.15) is 207 Å². The average Bonchev–Trinajstić information content (AvgIpc) is 3.28. The highest BCUT2D eigenvalue weighted by molar-refractivity contribution is 5.85. The number of ketones is 1. The molecule has 0 radical (unpaired) electrons. The van der Waals surface area contributed by atoms with Crippen molar-refractivity contribution >= 4 is 17.6 Å². The van der Waals surface area contributed by atoms with Crippen molar-refractivity contribution in [3.63, 3.8) is 0 Å². The Kier molecular flexibility index (Phi) is 27.6. The Morgan fingerprint density at radius 3 is 0.978 bits per heavy atom. The molecular formula is C41H78N2O3. The maximum Gasteiger partial charge on any atom is 0.222 e. The van der Waals surface area contributed by atoms with Gasteiger partial charge in [0.25, 0.3) is 0 Å². The van der Waals surface area contributed by atoms with E-state index in [1.165, 1.54) is 141 Å². The van der Waals surface area contributed by atoms with Crippen molar-refractivity contribution in [2.45, 2.75) is 207 Å². The normalized spacial score (nSPS) is 14.3. The quantitative estimate of drug-likeness (QED) is 0.0730. The van der Waals surface area contributed by atoms with Crippen LogP contribution >= 0.6 is 0 Å². The molecular weight excluding hydrogens is 568 g/mol. The van der Waals surface area contributed by atoms with Crippen LogP contribution in [0.2, 0.25) is 0 Å². The monoisotopic (exact) mass is 647 g/mol. The summed E-state index contributed by atoms with van der Waals surface area (Å²) >= 11 is 0. The predicted octanol–water partition coefficient (Wildman–Crippen LogP) is 11.5. The van der Waals surface area contributed by atoms with Crippen molar-refractivity contribution in [2.75, 3.05) is 26.2 Å². The molecule has 0 spiro atoms. The summed E-state index contributed by atoms with van der Waals surface area (Å²) in [4.78, 5) is 43.2. The van der Waals surface area contributed by atoms with Crippen LogP contribution in [0.4, 0.5) is 0 Å². The second-order valence-electron chi connectivity index (χ2n) is 14.9. The molecule has 1 fully saturated rings. The summed E-state index contributed by atoms with van der Waals surface area (Å²) in [6, 6.07) is 0. The van der Waals surface area contributed by atoms with E-state index < -0.39 is 0 Å². The van der Waals surface area contributed by atoms with E-state index in [0.717, 1.165) is 25.7 Å². The fourth-order valence-corrected chi connectivity index (χ4v) is 7.02. The maximum atomic E-state index is 13.2. The molecule has 5 heteroatoms. The van der Waals surface area contributed by atoms with Crippen molar-refractivity contribution in [1.82, 2.24) is 9.80 Å². The first kappa shape index (κ1) is 42.6. The summed E-state index contributed by atoms with van der Waals surface area (Å²) in [7, 11) is 0. The number of Topliss-reactive ketones (excluding diaryl/α,β-unsaturated/α-hetero) is 1. The van der Waals surface area contributed by atoms with Gasteiger partial charge in [0, 0.05) is 44.9 Å². The van der Waals surface area contributed by atoms with E-state index >= 15 is 0 Å². The topological polar surface area (TPSA) is 57.7 Å². The zero-order valence-corrected chi connectivity index (χ0v) is 31.4. The van der Waals surface area contributed by atoms with Crippen LogP contribution in [0.25, 0.3) is 0 Å². The summed E-state index contributed by atoms with van der Waals surface area (Å²) in [6.07, 6.45) is 34.8. The number of carbonyl (C=O) groups excluding carboxylic acids is 3. The number of hydrogen-bond acceptors (Lipinski definition) is 3. The van der Waals surface area contributed by atoms with Gasteiger partial charge in [-0.25, -0.2) is 0 Å². The van der Waals surface area contributed by atoms with Crippen LogP contribution in [-0.4, -0.2) is 53.6 Å². The molecule has 1 saturated heterocycles. The molecule has 0 saturated carbocycles. The lowest BCUT2D eigenvalue weighted by Gasteiger charge is -2.25. The molecule has 0 aromatic carbocycles. The second kappa shape index (κ2) is 29.7. The standard InChI is InChI=1S/C41H78N2O3/c1-5-7-9-11-13-15-17-19-21-23-25-27-29-31-39(44)42-33-34-43(36-38(35-42)41(46)37(3)4)40(45)32-30-28-26-24-22-20-18-16-14-12-10-8-6-2/h37-38H,5-36H2,1-4H3. The van der Waals surface area contributed by atoms with Gasteiger partial charge in [-0.15, -0.1) is 0 Å². The largest absolute Gasteiger partial charge is 0.340 e. The van der Waals surface area contributed by atoms with Crippen LogP contribution in [0.15, 0.2) is 0 Å². The molecule has 0 aromatic heterocycles. The van der Waals surface area contributed by atoms with E-state index in [1.54, 1.807) is 0 Å². The first-order valence-electron chi connectivity index (χ1n) is 20.5. The van der Waals surface area contributed by atoms with E-state index in [0.29, 0.717) is 39.0 Å². The number of carbonyl (C=O) groups is 3. The third-order valence-corrected chi connectivity index (χ3v) is 10.2. The minimum Gasteiger partial charge on any atom is -0.340 e. The summed E-state index contributed by atoms with van der Waals surface area (Å²) in [5.41, 5.74) is 0. The number of hydrogen-bond donors (Lipinski definition) is 0. The van der Waals surface area contributed by atoms with Crippen molar-refractivity contribution in [3.8, 4) is 0 Å². The lowest BCUT2D eigenvalue weighted by molar-refractivity contribution is -0.133. The fraction of sp³-hybridized carbons (Fsp3) is 0.927. The lowest BCUT2D eigenvalue weighted by Crippen LogP contribution is -2.39. The van der Waals surface area contributed by atoms with Gasteiger partial charge in [0.1, 0.15) is 5.78 Å². The molecule has 0 bridgehead atoms. The smallest absolute Gasteiger partial charge is 0.222 e. The zero-order chi connectivity index (χ0) is 33.7. The molecule has 46 heavy (non-hydrogen) atoms. The number of nitrogens with zero attached hydrogens (tertiary/aromatic N) is 2. The molecule has 2 amide bonds. The molecule has 0 aromatic rings. The number of amides is 2. The Morgan fingerprint density at radius 2 is 0.717 bits per heavy atom. The van der Waals surface area contributed by atoms with E-state index in [1.807, 2.05) is 23.6 Å². The lowest BCUT2D eigenvalue weighted by atomic mass is 9.94. The van der Waals surface area contributed by atoms with Gasteiger partial charge < -0.3 is 9.80 Å². The molecule has 5 nitrogen and oxygen atoms in total. The van der Waals surface area contributed by atoms with Gasteiger partial charge in [-0.1, -0.05) is 182 Å². The average molecular weight is 647 g/mol. The highest BCUT2D eigenvalue weighted by atomic mass is 16.2. The Morgan fingerprint density at radius 1 is 0.457 bits per heavy atom. The molecule has 1 aliphatic rings. The summed E-state index contributed by atoms with van der Waals surface area (Å²) in [5.74, 6) is 0.151. The third kappa shape index (κ3) is 22.2. The van der Waals surface area contributed by atoms with Gasteiger partial charge in [0.05, 0.1) is 5.92 Å². The fourth-order valence-electron chi connectivity index (χ4n) is 7.02. The third-order valence-electron chi connectivity index (χ3n) is 10.2. The van der Waals surface area contributed by atoms with Crippen molar-refractivity contribution < 1.29 is 14.4 Å². The van der Waals surface area contributed by atoms with Crippen LogP contribution in [-0.2, 0) is 14.4 Å². The maximum absolute atomic E-state index is 13.2. The van der Waals surface area contributed by atoms with Crippen LogP contribution in [0.3, 0.4) is 0 Å². The Hall–Kier alpha value is -1.39. The Balaban J connectivity index is 2.26. The minimum atomic E-state index is -0.270. The predicted molar refractivity (Wildman–Crippen MR) is 197 cm³/mol. The summed E-state index contributed by atoms with van der Waals surface area (Å²) in [6.45, 7) is 10.5. The van der Waals surface area contributed by atoms with Gasteiger partial charge in [-0.05, 0) is 12.8 Å². The molecule has 1 heterocycles. The highest BCUT2D eigenvalue weighted by Crippen LogP contribution is 2.19. The molecule has 0 unspecified atom stereocenters. The SMILES string of the molecule is CCCCCCCCCCCCCCCC(=O)N1CCN(C(=O)CCCCCCCCCCCCCCC)CC(C(=O)C(C)C)C1. The van der Waals surface area contributed by atoms with Crippen LogP contribution < -0.4 is 0 Å². The van der Waals surface area contributed by atoms with Crippen LogP contribution in [0.5, 0.6) is 0 Å². The molecule has 270 valence electrons. The van der Waals surface area contributed by atoms with Crippen molar-refractivity contribution in [2.24, 2.45) is 11.8 Å². The Labute approximate surface area is 286 Å². The van der Waals surface area contributed by atoms with Gasteiger partial charge in [0.15, 0.2) is 0 Å². The van der Waals surface area contributed by atoms with Crippen LogP contribution in [0, 0.1) is 11.8 Å².